The van der Waals surface area contributed by atoms with Gasteiger partial charge in [-0.1, -0.05) is 0 Å². The molecule has 16 nitrogen and oxygen atoms in total. The fourth-order valence-electron chi connectivity index (χ4n) is 3.13. The molecule has 10 N–H and O–H groups in total. The van der Waals surface area contributed by atoms with Crippen LogP contribution in [0.1, 0.15) is 24.7 Å². The lowest BCUT2D eigenvalue weighted by Gasteiger charge is -2.25. The van der Waals surface area contributed by atoms with Gasteiger partial charge in [-0.25, -0.2) is 14.8 Å². The van der Waals surface area contributed by atoms with Crippen LogP contribution in [0.25, 0.3) is 0 Å². The number of carboxylic acid groups (broad SMARTS) is 2. The number of aromatic nitrogens is 4. The number of rotatable bonds is 14. The minimum absolute atomic E-state index is 0.0525. The Kier molecular flexibility index (Phi) is 10.1. The van der Waals surface area contributed by atoms with Gasteiger partial charge in [-0.05, 0) is 6.92 Å². The van der Waals surface area contributed by atoms with E-state index >= 15 is 0 Å². The first-order chi connectivity index (χ1) is 17.0. The third kappa shape index (κ3) is 8.48. The summed E-state index contributed by atoms with van der Waals surface area (Å²) >= 11 is 0. The number of carbonyl (C=O) groups excluding carboxylic acids is 3. The molecule has 5 unspecified atom stereocenters. The van der Waals surface area contributed by atoms with Gasteiger partial charge in [0.1, 0.15) is 18.1 Å². The molecule has 16 heteroatoms. The van der Waals surface area contributed by atoms with Crippen LogP contribution in [0.3, 0.4) is 0 Å². The zero-order chi connectivity index (χ0) is 26.8. The van der Waals surface area contributed by atoms with Gasteiger partial charge in [-0.2, -0.15) is 0 Å². The first-order valence-corrected chi connectivity index (χ1v) is 10.7. The van der Waals surface area contributed by atoms with E-state index in [4.69, 9.17) is 5.73 Å². The second kappa shape index (κ2) is 13.0. The fraction of sp³-hybridized carbons (Fsp3) is 0.450. The van der Waals surface area contributed by atoms with E-state index in [2.05, 4.69) is 35.9 Å². The maximum absolute atomic E-state index is 12.8. The van der Waals surface area contributed by atoms with Gasteiger partial charge in [0, 0.05) is 36.6 Å². The number of aliphatic hydroxyl groups is 1. The van der Waals surface area contributed by atoms with Crippen molar-refractivity contribution in [2.45, 2.75) is 56.5 Å². The van der Waals surface area contributed by atoms with E-state index in [0.717, 1.165) is 0 Å². The number of carboxylic acids is 2. The molecule has 2 aromatic rings. The number of aliphatic carboxylic acids is 2. The van der Waals surface area contributed by atoms with Crippen LogP contribution in [0.4, 0.5) is 0 Å². The van der Waals surface area contributed by atoms with Gasteiger partial charge in [0.2, 0.25) is 17.7 Å². The van der Waals surface area contributed by atoms with E-state index in [1.807, 2.05) is 0 Å². The number of nitrogens with zero attached hydrogens (tertiary/aromatic N) is 2. The SMILES string of the molecule is CC(O)C(NC(=O)C(N)Cc1cnc[nH]1)C(=O)NC(CC(=O)O)C(=O)NC(Cc1cnc[nH]1)C(=O)O. The Morgan fingerprint density at radius 2 is 1.44 bits per heavy atom. The van der Waals surface area contributed by atoms with Gasteiger partial charge in [0.15, 0.2) is 0 Å². The average molecular weight is 508 g/mol. The number of carbonyl (C=O) groups is 5. The maximum Gasteiger partial charge on any atom is 0.326 e. The first-order valence-electron chi connectivity index (χ1n) is 10.7. The van der Waals surface area contributed by atoms with Crippen LogP contribution >= 0.6 is 0 Å². The summed E-state index contributed by atoms with van der Waals surface area (Å²) in [7, 11) is 0. The highest BCUT2D eigenvalue weighted by Gasteiger charge is 2.33. The molecule has 2 heterocycles. The smallest absolute Gasteiger partial charge is 0.326 e. The summed E-state index contributed by atoms with van der Waals surface area (Å²) in [4.78, 5) is 73.8. The predicted octanol–water partition coefficient (Wildman–Crippen LogP) is -3.36. The van der Waals surface area contributed by atoms with Crippen LogP contribution in [0, 0.1) is 0 Å². The van der Waals surface area contributed by atoms with Crippen LogP contribution in [0.5, 0.6) is 0 Å². The van der Waals surface area contributed by atoms with E-state index in [0.29, 0.717) is 11.4 Å². The standard InChI is InChI=1S/C20H28N8O8/c1-9(29)16(28-17(32)12(21)2-10-5-22-7-24-10)19(34)26-13(4-15(30)31)18(33)27-14(20(35)36)3-11-6-23-8-25-11/h5-9,12-14,16,29H,2-4,21H2,1H3,(H,22,24)(H,23,25)(H,26,34)(H,27,33)(H,28,32)(H,30,31)(H,35,36). The van der Waals surface area contributed by atoms with Crippen molar-refractivity contribution < 1.29 is 39.3 Å². The highest BCUT2D eigenvalue weighted by molar-refractivity contribution is 5.95. The van der Waals surface area contributed by atoms with Gasteiger partial charge in [-0.15, -0.1) is 0 Å². The van der Waals surface area contributed by atoms with E-state index in [-0.39, 0.29) is 12.8 Å². The molecule has 0 aliphatic heterocycles. The molecule has 2 rings (SSSR count). The minimum Gasteiger partial charge on any atom is -0.481 e. The molecule has 3 amide bonds. The molecule has 0 fully saturated rings. The number of imidazole rings is 2. The summed E-state index contributed by atoms with van der Waals surface area (Å²) in [6, 6.07) is -5.87. The molecule has 0 spiro atoms. The molecule has 0 saturated carbocycles. The summed E-state index contributed by atoms with van der Waals surface area (Å²) in [6.45, 7) is 1.20. The van der Waals surface area contributed by atoms with E-state index in [9.17, 15) is 39.3 Å². The summed E-state index contributed by atoms with van der Waals surface area (Å²) in [6.07, 6.45) is 3.04. The Morgan fingerprint density at radius 1 is 0.889 bits per heavy atom. The lowest BCUT2D eigenvalue weighted by Crippen LogP contribution is -2.60. The molecule has 0 bridgehead atoms. The van der Waals surface area contributed by atoms with Crippen LogP contribution in [-0.2, 0) is 36.8 Å². The van der Waals surface area contributed by atoms with Crippen LogP contribution < -0.4 is 21.7 Å². The van der Waals surface area contributed by atoms with E-state index in [1.165, 1.54) is 32.0 Å². The van der Waals surface area contributed by atoms with Crippen LogP contribution in [-0.4, -0.2) is 95.2 Å². The van der Waals surface area contributed by atoms with Crippen molar-refractivity contribution >= 4 is 29.7 Å². The quantitative estimate of drug-likeness (QED) is 0.122. The van der Waals surface area contributed by atoms with Crippen molar-refractivity contribution in [2.75, 3.05) is 0 Å². The maximum atomic E-state index is 12.8. The summed E-state index contributed by atoms with van der Waals surface area (Å²) in [5.41, 5.74) is 6.78. The van der Waals surface area contributed by atoms with Crippen molar-refractivity contribution in [3.05, 3.63) is 36.4 Å². The van der Waals surface area contributed by atoms with Crippen molar-refractivity contribution in [1.29, 1.82) is 0 Å². The van der Waals surface area contributed by atoms with Gasteiger partial charge in [-0.3, -0.25) is 19.2 Å². The molecule has 36 heavy (non-hydrogen) atoms. The number of amides is 3. The molecule has 2 aromatic heterocycles. The molecule has 0 aliphatic rings. The zero-order valence-corrected chi connectivity index (χ0v) is 19.2. The van der Waals surface area contributed by atoms with E-state index < -0.39 is 66.4 Å². The Hall–Kier alpha value is -4.31. The number of hydrogen-bond donors (Lipinski definition) is 9. The fourth-order valence-corrected chi connectivity index (χ4v) is 3.13. The van der Waals surface area contributed by atoms with Crippen LogP contribution in [0.2, 0.25) is 0 Å². The third-order valence-corrected chi connectivity index (χ3v) is 5.00. The molecule has 0 radical (unpaired) electrons. The van der Waals surface area contributed by atoms with Crippen molar-refractivity contribution in [3.63, 3.8) is 0 Å². The predicted molar refractivity (Wildman–Crippen MR) is 120 cm³/mol. The number of nitrogens with one attached hydrogen (secondary N) is 5. The Labute approximate surface area is 204 Å². The molecule has 0 saturated heterocycles. The summed E-state index contributed by atoms with van der Waals surface area (Å²) in [5.74, 6) is -5.83. The number of H-pyrrole nitrogens is 2. The van der Waals surface area contributed by atoms with Gasteiger partial charge >= 0.3 is 11.9 Å². The normalized spacial score (nSPS) is 15.1. The second-order valence-electron chi connectivity index (χ2n) is 7.95. The van der Waals surface area contributed by atoms with Crippen molar-refractivity contribution in [1.82, 2.24) is 35.9 Å². The lowest BCUT2D eigenvalue weighted by atomic mass is 10.1. The van der Waals surface area contributed by atoms with Gasteiger partial charge < -0.3 is 47.0 Å². The molecule has 0 aromatic carbocycles. The number of aliphatic hydroxyl groups excluding tert-OH is 1. The van der Waals surface area contributed by atoms with E-state index in [1.54, 1.807) is 0 Å². The average Bonchev–Trinajstić information content (AvgIpc) is 3.49. The molecular formula is C20H28N8O8. The first kappa shape index (κ1) is 27.9. The number of nitrogens with two attached hydrogens (primary N) is 1. The number of aromatic amines is 2. The Bertz CT molecular complexity index is 1040. The van der Waals surface area contributed by atoms with Gasteiger partial charge in [0.25, 0.3) is 0 Å². The van der Waals surface area contributed by atoms with Crippen LogP contribution in [0.15, 0.2) is 25.0 Å². The van der Waals surface area contributed by atoms with Crippen molar-refractivity contribution in [2.24, 2.45) is 5.73 Å². The monoisotopic (exact) mass is 508 g/mol. The third-order valence-electron chi connectivity index (χ3n) is 5.00. The minimum atomic E-state index is -1.71. The molecule has 0 aliphatic carbocycles. The topological polar surface area (TPSA) is 266 Å². The highest BCUT2D eigenvalue weighted by atomic mass is 16.4. The molecule has 196 valence electrons. The molecule has 5 atom stereocenters. The summed E-state index contributed by atoms with van der Waals surface area (Å²) in [5, 5.41) is 35.2. The Morgan fingerprint density at radius 3 is 1.92 bits per heavy atom. The van der Waals surface area contributed by atoms with Crippen molar-refractivity contribution in [3.8, 4) is 0 Å². The second-order valence-corrected chi connectivity index (χ2v) is 7.95. The summed E-state index contributed by atoms with van der Waals surface area (Å²) < 4.78 is 0. The highest BCUT2D eigenvalue weighted by Crippen LogP contribution is 2.04. The number of hydrogen-bond acceptors (Lipinski definition) is 9. The lowest BCUT2D eigenvalue weighted by molar-refractivity contribution is -0.143. The molecular weight excluding hydrogens is 480 g/mol. The Balaban J connectivity index is 2.08. The zero-order valence-electron chi connectivity index (χ0n) is 19.2. The largest absolute Gasteiger partial charge is 0.481 e. The van der Waals surface area contributed by atoms with Gasteiger partial charge in [0.05, 0.1) is 31.2 Å².